The Kier molecular flexibility index (Phi) is 9.82. The Balaban J connectivity index is 1.63. The number of fused-ring (bicyclic) bond motifs is 1. The summed E-state index contributed by atoms with van der Waals surface area (Å²) in [6.45, 7) is 16.0. The molecule has 7 atom stereocenters. The van der Waals surface area contributed by atoms with Gasteiger partial charge in [-0.05, 0) is 63.9 Å². The highest BCUT2D eigenvalue weighted by atomic mass is 79.9. The van der Waals surface area contributed by atoms with Crippen molar-refractivity contribution in [1.82, 2.24) is 9.80 Å². The lowest BCUT2D eigenvalue weighted by atomic mass is 9.70. The van der Waals surface area contributed by atoms with Crippen LogP contribution in [0.3, 0.4) is 0 Å². The van der Waals surface area contributed by atoms with Crippen molar-refractivity contribution in [3.8, 4) is 5.75 Å². The van der Waals surface area contributed by atoms with Crippen molar-refractivity contribution in [3.05, 3.63) is 85.5 Å². The van der Waals surface area contributed by atoms with Crippen molar-refractivity contribution < 1.29 is 29.0 Å². The van der Waals surface area contributed by atoms with Crippen molar-refractivity contribution in [3.63, 3.8) is 0 Å². The molecule has 1 spiro atoms. The number of rotatable bonds is 12. The molecule has 3 saturated heterocycles. The molecule has 0 radical (unpaired) electrons. The van der Waals surface area contributed by atoms with Gasteiger partial charge >= 0.3 is 0 Å². The number of anilines is 1. The molecule has 3 aliphatic rings. The van der Waals surface area contributed by atoms with E-state index in [1.807, 2.05) is 70.2 Å². The van der Waals surface area contributed by atoms with Gasteiger partial charge in [0.05, 0.1) is 37.2 Å². The monoisotopic (exact) mass is 693 g/mol. The van der Waals surface area contributed by atoms with Crippen LogP contribution >= 0.6 is 15.9 Å². The van der Waals surface area contributed by atoms with Crippen LogP contribution in [0.4, 0.5) is 5.69 Å². The van der Waals surface area contributed by atoms with Crippen molar-refractivity contribution in [1.29, 1.82) is 0 Å². The molecule has 0 saturated carbocycles. The van der Waals surface area contributed by atoms with Gasteiger partial charge in [0, 0.05) is 29.1 Å². The Bertz CT molecular complexity index is 1460. The van der Waals surface area contributed by atoms with Gasteiger partial charge in [0.25, 0.3) is 0 Å². The first-order chi connectivity index (χ1) is 21.9. The number of ether oxygens (including phenoxy) is 2. The Hall–Kier alpha value is -3.47. The average Bonchev–Trinajstić information content (AvgIpc) is 3.62. The van der Waals surface area contributed by atoms with Crippen LogP contribution in [0, 0.1) is 11.8 Å². The van der Waals surface area contributed by atoms with E-state index in [1.165, 1.54) is 4.90 Å². The number of nitrogens with zero attached hydrogens (tertiary/aromatic N) is 3. The summed E-state index contributed by atoms with van der Waals surface area (Å²) in [5.74, 6) is -2.10. The van der Waals surface area contributed by atoms with Gasteiger partial charge < -0.3 is 29.3 Å². The highest BCUT2D eigenvalue weighted by Gasteiger charge is 2.77. The predicted octanol–water partition coefficient (Wildman–Crippen LogP) is 4.90. The minimum atomic E-state index is -1.29. The summed E-state index contributed by atoms with van der Waals surface area (Å²) in [6.07, 6.45) is 3.03. The number of amides is 3. The summed E-state index contributed by atoms with van der Waals surface area (Å²) in [7, 11) is 0. The summed E-state index contributed by atoms with van der Waals surface area (Å²) >= 11 is 3.78. The second-order valence-electron chi connectivity index (χ2n) is 13.1. The molecule has 46 heavy (non-hydrogen) atoms. The third-order valence-corrected chi connectivity index (χ3v) is 10.2. The van der Waals surface area contributed by atoms with Crippen LogP contribution in [0.1, 0.15) is 45.7 Å². The zero-order valence-corrected chi connectivity index (χ0v) is 28.6. The molecule has 3 amide bonds. The molecule has 2 aromatic carbocycles. The second kappa shape index (κ2) is 13.3. The maximum atomic E-state index is 14.9. The van der Waals surface area contributed by atoms with Crippen molar-refractivity contribution >= 4 is 39.3 Å². The quantitative estimate of drug-likeness (QED) is 0.251. The lowest BCUT2D eigenvalue weighted by Gasteiger charge is -2.43. The SMILES string of the molecule is C=CCN(C(=O)[C@H]1[C@@H]2OC3(CC2Br)C(C(=O)N(CC=C)C(C)(C)C)N([C@H](CO)c2ccccc2)C(=O)[C@H]13)c1ccc(OCC)cc1. The number of aliphatic hydroxyl groups is 1. The number of hydrogen-bond donors (Lipinski definition) is 1. The van der Waals surface area contributed by atoms with Gasteiger partial charge in [-0.15, -0.1) is 13.2 Å². The van der Waals surface area contributed by atoms with Crippen molar-refractivity contribution in [2.45, 2.75) is 68.3 Å². The topological polar surface area (TPSA) is 99.6 Å². The highest BCUT2D eigenvalue weighted by molar-refractivity contribution is 9.09. The van der Waals surface area contributed by atoms with Crippen LogP contribution in [-0.4, -0.2) is 87.0 Å². The number of alkyl halides is 1. The number of likely N-dealkylation sites (tertiary alicyclic amines) is 1. The van der Waals surface area contributed by atoms with E-state index in [9.17, 15) is 19.5 Å². The van der Waals surface area contributed by atoms with Gasteiger partial charge in [-0.1, -0.05) is 58.4 Å². The Morgan fingerprint density at radius 3 is 2.33 bits per heavy atom. The zero-order valence-electron chi connectivity index (χ0n) is 27.0. The molecule has 3 aliphatic heterocycles. The number of hydrogen-bond acceptors (Lipinski definition) is 6. The molecule has 0 aromatic heterocycles. The number of halogens is 1. The third kappa shape index (κ3) is 5.69. The summed E-state index contributed by atoms with van der Waals surface area (Å²) < 4.78 is 12.4. The van der Waals surface area contributed by atoms with E-state index in [1.54, 1.807) is 34.1 Å². The molecule has 2 bridgehead atoms. The molecule has 246 valence electrons. The smallest absolute Gasteiger partial charge is 0.249 e. The first-order valence-electron chi connectivity index (χ1n) is 15.8. The number of benzene rings is 2. The molecule has 3 unspecified atom stereocenters. The molecule has 9 nitrogen and oxygen atoms in total. The number of carbonyl (C=O) groups excluding carboxylic acids is 3. The van der Waals surface area contributed by atoms with Crippen molar-refractivity contribution in [2.24, 2.45) is 11.8 Å². The van der Waals surface area contributed by atoms with Crippen LogP contribution in [0.2, 0.25) is 0 Å². The van der Waals surface area contributed by atoms with Crippen molar-refractivity contribution in [2.75, 3.05) is 31.2 Å². The van der Waals surface area contributed by atoms with E-state index in [-0.39, 0.29) is 35.6 Å². The fraction of sp³-hybridized carbons (Fsp3) is 0.472. The molecule has 3 fully saturated rings. The Labute approximate surface area is 280 Å². The third-order valence-electron chi connectivity index (χ3n) is 9.36. The Morgan fingerprint density at radius 1 is 1.11 bits per heavy atom. The first-order valence-corrected chi connectivity index (χ1v) is 16.7. The molecular weight excluding hydrogens is 650 g/mol. The number of aliphatic hydroxyl groups excluding tert-OH is 1. The van der Waals surface area contributed by atoms with Gasteiger partial charge in [0.1, 0.15) is 17.4 Å². The highest BCUT2D eigenvalue weighted by Crippen LogP contribution is 2.61. The lowest BCUT2D eigenvalue weighted by Crippen LogP contribution is -2.60. The molecule has 2 aromatic rings. The molecular formula is C36H44BrN3O6. The second-order valence-corrected chi connectivity index (χ2v) is 14.3. The first kappa shape index (κ1) is 33.9. The summed E-state index contributed by atoms with van der Waals surface area (Å²) in [6, 6.07) is 14.5. The number of carbonyl (C=O) groups is 3. The van der Waals surface area contributed by atoms with Crippen LogP contribution < -0.4 is 9.64 Å². The minimum absolute atomic E-state index is 0.212. The maximum absolute atomic E-state index is 14.9. The van der Waals surface area contributed by atoms with E-state index in [2.05, 4.69) is 29.1 Å². The summed E-state index contributed by atoms with van der Waals surface area (Å²) in [5, 5.41) is 10.8. The fourth-order valence-corrected chi connectivity index (χ4v) is 8.43. The maximum Gasteiger partial charge on any atom is 0.249 e. The molecule has 5 rings (SSSR count). The van der Waals surface area contributed by atoms with Gasteiger partial charge in [-0.3, -0.25) is 14.4 Å². The standard InChI is InChI=1S/C36H44BrN3O6/c1-7-19-38(24-15-17-25(18-16-24)45-9-3)32(42)28-29-33(43)40(27(22-41)23-13-11-10-12-14-23)31(36(29)21-26(37)30(28)46-36)34(44)39(20-8-2)35(4,5)6/h7-8,10-18,26-31,41H,1-2,9,19-22H2,3-6H3/t26?,27-,28-,29+,30-,31?,36?/m1/s1. The van der Waals surface area contributed by atoms with Gasteiger partial charge in [-0.25, -0.2) is 0 Å². The normalized spacial score (nSPS) is 27.2. The predicted molar refractivity (Wildman–Crippen MR) is 181 cm³/mol. The van der Waals surface area contributed by atoms with E-state index in [0.717, 1.165) is 0 Å². The Morgan fingerprint density at radius 2 is 1.76 bits per heavy atom. The van der Waals surface area contributed by atoms with E-state index in [0.29, 0.717) is 30.0 Å². The van der Waals surface area contributed by atoms with E-state index >= 15 is 0 Å². The van der Waals surface area contributed by atoms with Crippen LogP contribution in [0.5, 0.6) is 5.75 Å². The van der Waals surface area contributed by atoms with Gasteiger partial charge in [0.15, 0.2) is 0 Å². The summed E-state index contributed by atoms with van der Waals surface area (Å²) in [5.41, 5.74) is -0.578. The molecule has 1 N–H and O–H groups in total. The summed E-state index contributed by atoms with van der Waals surface area (Å²) in [4.78, 5) is 48.9. The van der Waals surface area contributed by atoms with E-state index < -0.39 is 47.8 Å². The molecule has 10 heteroatoms. The van der Waals surface area contributed by atoms with E-state index in [4.69, 9.17) is 9.47 Å². The van der Waals surface area contributed by atoms with Gasteiger partial charge in [0.2, 0.25) is 17.7 Å². The van der Waals surface area contributed by atoms with Crippen LogP contribution in [0.25, 0.3) is 0 Å². The van der Waals surface area contributed by atoms with Gasteiger partial charge in [-0.2, -0.15) is 0 Å². The zero-order chi connectivity index (χ0) is 33.4. The van der Waals surface area contributed by atoms with Crippen LogP contribution in [0.15, 0.2) is 79.9 Å². The average molecular weight is 695 g/mol. The largest absolute Gasteiger partial charge is 0.494 e. The van der Waals surface area contributed by atoms with Crippen LogP contribution in [-0.2, 0) is 19.1 Å². The molecule has 3 heterocycles. The molecule has 0 aliphatic carbocycles. The minimum Gasteiger partial charge on any atom is -0.494 e. The lowest BCUT2D eigenvalue weighted by molar-refractivity contribution is -0.154. The fourth-order valence-electron chi connectivity index (χ4n) is 7.49.